The van der Waals surface area contributed by atoms with Crippen molar-refractivity contribution in [3.05, 3.63) is 35.9 Å². The van der Waals surface area contributed by atoms with E-state index in [-0.39, 0.29) is 6.03 Å². The van der Waals surface area contributed by atoms with Crippen molar-refractivity contribution in [2.45, 2.75) is 20.8 Å². The van der Waals surface area contributed by atoms with Crippen molar-refractivity contribution in [2.24, 2.45) is 0 Å². The number of urea groups is 1. The van der Waals surface area contributed by atoms with Crippen molar-refractivity contribution < 1.29 is 9.53 Å². The number of amides is 2. The number of benzene rings is 1. The fraction of sp³-hybridized carbons (Fsp3) is 0.400. The molecule has 2 amide bonds. The molecule has 0 saturated heterocycles. The summed E-state index contributed by atoms with van der Waals surface area (Å²) in [5.74, 6) is 0.658. The first-order valence-corrected chi connectivity index (χ1v) is 6.32. The molecule has 0 aliphatic rings. The molecule has 4 nitrogen and oxygen atoms in total. The van der Waals surface area contributed by atoms with Gasteiger partial charge in [-0.1, -0.05) is 18.2 Å². The SMILES string of the molecule is C=C(C)CN(CC)C(=O)Nc1cc(C)ccc1OC. The lowest BCUT2D eigenvalue weighted by Crippen LogP contribution is -2.35. The van der Waals surface area contributed by atoms with E-state index in [0.29, 0.717) is 24.5 Å². The van der Waals surface area contributed by atoms with E-state index in [2.05, 4.69) is 11.9 Å². The Morgan fingerprint density at radius 2 is 2.16 bits per heavy atom. The Morgan fingerprint density at radius 1 is 1.47 bits per heavy atom. The van der Waals surface area contributed by atoms with Crippen LogP contribution in [0.5, 0.6) is 5.75 Å². The second-order valence-electron chi connectivity index (χ2n) is 4.61. The molecular weight excluding hydrogens is 240 g/mol. The fourth-order valence-electron chi connectivity index (χ4n) is 1.77. The van der Waals surface area contributed by atoms with E-state index in [9.17, 15) is 4.79 Å². The molecule has 1 rings (SSSR count). The average Bonchev–Trinajstić information content (AvgIpc) is 2.35. The van der Waals surface area contributed by atoms with Gasteiger partial charge in [0.1, 0.15) is 5.75 Å². The van der Waals surface area contributed by atoms with E-state index in [1.54, 1.807) is 12.0 Å². The molecule has 0 aliphatic carbocycles. The van der Waals surface area contributed by atoms with E-state index in [4.69, 9.17) is 4.74 Å². The maximum atomic E-state index is 12.2. The maximum Gasteiger partial charge on any atom is 0.322 e. The molecule has 0 spiro atoms. The standard InChI is InChI=1S/C15H22N2O2/c1-6-17(10-11(2)3)15(18)16-13-9-12(4)7-8-14(13)19-5/h7-9H,2,6,10H2,1,3-5H3,(H,16,18). The first kappa shape index (κ1) is 15.1. The minimum Gasteiger partial charge on any atom is -0.495 e. The number of aryl methyl sites for hydroxylation is 1. The molecule has 1 N–H and O–H groups in total. The number of nitrogens with zero attached hydrogens (tertiary/aromatic N) is 1. The number of anilines is 1. The summed E-state index contributed by atoms with van der Waals surface area (Å²) >= 11 is 0. The average molecular weight is 262 g/mol. The number of nitrogens with one attached hydrogen (secondary N) is 1. The highest BCUT2D eigenvalue weighted by Gasteiger charge is 2.13. The Morgan fingerprint density at radius 3 is 2.68 bits per heavy atom. The number of carbonyl (C=O) groups excluding carboxylic acids is 1. The molecule has 0 saturated carbocycles. The van der Waals surface area contributed by atoms with E-state index < -0.39 is 0 Å². The Kier molecular flexibility index (Phi) is 5.42. The van der Waals surface area contributed by atoms with Crippen molar-refractivity contribution >= 4 is 11.7 Å². The molecule has 0 bridgehead atoms. The van der Waals surface area contributed by atoms with Crippen LogP contribution >= 0.6 is 0 Å². The maximum absolute atomic E-state index is 12.2. The van der Waals surface area contributed by atoms with Crippen LogP contribution in [0.15, 0.2) is 30.4 Å². The summed E-state index contributed by atoms with van der Waals surface area (Å²) in [6, 6.07) is 5.54. The van der Waals surface area contributed by atoms with Crippen LogP contribution in [0.4, 0.5) is 10.5 Å². The molecule has 0 unspecified atom stereocenters. The van der Waals surface area contributed by atoms with Gasteiger partial charge >= 0.3 is 6.03 Å². The van der Waals surface area contributed by atoms with E-state index in [1.165, 1.54) is 0 Å². The fourth-order valence-corrected chi connectivity index (χ4v) is 1.77. The number of rotatable bonds is 5. The summed E-state index contributed by atoms with van der Waals surface area (Å²) in [5.41, 5.74) is 2.71. The normalized spacial score (nSPS) is 9.89. The van der Waals surface area contributed by atoms with Gasteiger partial charge in [-0.25, -0.2) is 4.79 Å². The zero-order chi connectivity index (χ0) is 14.4. The van der Waals surface area contributed by atoms with Gasteiger partial charge in [-0.3, -0.25) is 0 Å². The lowest BCUT2D eigenvalue weighted by Gasteiger charge is -2.22. The van der Waals surface area contributed by atoms with Crippen LogP contribution < -0.4 is 10.1 Å². The number of hydrogen-bond acceptors (Lipinski definition) is 2. The van der Waals surface area contributed by atoms with Crippen LogP contribution in [-0.2, 0) is 0 Å². The van der Waals surface area contributed by atoms with Gasteiger partial charge in [-0.2, -0.15) is 0 Å². The second kappa shape index (κ2) is 6.83. The minimum absolute atomic E-state index is 0.144. The summed E-state index contributed by atoms with van der Waals surface area (Å²) in [7, 11) is 1.59. The van der Waals surface area contributed by atoms with Crippen molar-refractivity contribution in [3.8, 4) is 5.75 Å². The second-order valence-corrected chi connectivity index (χ2v) is 4.61. The molecule has 0 heterocycles. The van der Waals surface area contributed by atoms with E-state index in [0.717, 1.165) is 11.1 Å². The van der Waals surface area contributed by atoms with Gasteiger partial charge in [0.05, 0.1) is 12.8 Å². The quantitative estimate of drug-likeness (QED) is 0.826. The molecule has 0 radical (unpaired) electrons. The molecule has 0 aromatic heterocycles. The van der Waals surface area contributed by atoms with Crippen molar-refractivity contribution in [1.29, 1.82) is 0 Å². The number of ether oxygens (including phenoxy) is 1. The summed E-state index contributed by atoms with van der Waals surface area (Å²) in [4.78, 5) is 13.9. The van der Waals surface area contributed by atoms with Crippen LogP contribution in [0.3, 0.4) is 0 Å². The predicted molar refractivity (Wildman–Crippen MR) is 78.8 cm³/mol. The topological polar surface area (TPSA) is 41.6 Å². The van der Waals surface area contributed by atoms with Crippen LogP contribution in [0.2, 0.25) is 0 Å². The highest BCUT2D eigenvalue weighted by atomic mass is 16.5. The van der Waals surface area contributed by atoms with Crippen LogP contribution in [0.25, 0.3) is 0 Å². The monoisotopic (exact) mass is 262 g/mol. The third-order valence-corrected chi connectivity index (χ3v) is 2.73. The molecule has 19 heavy (non-hydrogen) atoms. The number of likely N-dealkylation sites (N-methyl/N-ethyl adjacent to an activating group) is 1. The molecule has 1 aromatic rings. The lowest BCUT2D eigenvalue weighted by molar-refractivity contribution is 0.218. The number of hydrogen-bond donors (Lipinski definition) is 1. The number of carbonyl (C=O) groups is 1. The molecule has 1 aromatic carbocycles. The van der Waals surface area contributed by atoms with E-state index in [1.807, 2.05) is 39.0 Å². The van der Waals surface area contributed by atoms with Gasteiger partial charge in [0, 0.05) is 13.1 Å². The summed E-state index contributed by atoms with van der Waals surface area (Å²) in [6.07, 6.45) is 0. The molecule has 104 valence electrons. The molecule has 0 atom stereocenters. The zero-order valence-electron chi connectivity index (χ0n) is 12.1. The van der Waals surface area contributed by atoms with Crippen LogP contribution in [-0.4, -0.2) is 31.1 Å². The largest absolute Gasteiger partial charge is 0.495 e. The first-order chi connectivity index (χ1) is 8.97. The Hall–Kier alpha value is -1.97. The smallest absolute Gasteiger partial charge is 0.322 e. The van der Waals surface area contributed by atoms with Crippen molar-refractivity contribution in [3.63, 3.8) is 0 Å². The third kappa shape index (κ3) is 4.32. The first-order valence-electron chi connectivity index (χ1n) is 6.32. The van der Waals surface area contributed by atoms with Crippen molar-refractivity contribution in [2.75, 3.05) is 25.5 Å². The Balaban J connectivity index is 2.85. The Bertz CT molecular complexity index is 469. The Labute approximate surface area is 115 Å². The van der Waals surface area contributed by atoms with Crippen LogP contribution in [0.1, 0.15) is 19.4 Å². The molecule has 0 fully saturated rings. The van der Waals surface area contributed by atoms with Gasteiger partial charge in [0.15, 0.2) is 0 Å². The summed E-state index contributed by atoms with van der Waals surface area (Å²) in [6.45, 7) is 10.8. The number of methoxy groups -OCH3 is 1. The van der Waals surface area contributed by atoms with Gasteiger partial charge in [-0.15, -0.1) is 0 Å². The van der Waals surface area contributed by atoms with Gasteiger partial charge in [0.2, 0.25) is 0 Å². The third-order valence-electron chi connectivity index (χ3n) is 2.73. The van der Waals surface area contributed by atoms with Gasteiger partial charge in [-0.05, 0) is 38.5 Å². The van der Waals surface area contributed by atoms with E-state index >= 15 is 0 Å². The van der Waals surface area contributed by atoms with Gasteiger partial charge in [0.25, 0.3) is 0 Å². The summed E-state index contributed by atoms with van der Waals surface area (Å²) < 4.78 is 5.24. The molecular formula is C15H22N2O2. The molecule has 4 heteroatoms. The highest BCUT2D eigenvalue weighted by molar-refractivity contribution is 5.91. The predicted octanol–water partition coefficient (Wildman–Crippen LogP) is 3.43. The minimum atomic E-state index is -0.144. The van der Waals surface area contributed by atoms with Crippen molar-refractivity contribution in [1.82, 2.24) is 4.90 Å². The zero-order valence-corrected chi connectivity index (χ0v) is 12.1. The molecule has 0 aliphatic heterocycles. The van der Waals surface area contributed by atoms with Crippen LogP contribution in [0, 0.1) is 6.92 Å². The summed E-state index contributed by atoms with van der Waals surface area (Å²) in [5, 5.41) is 2.88. The lowest BCUT2D eigenvalue weighted by atomic mass is 10.2. The van der Waals surface area contributed by atoms with Gasteiger partial charge < -0.3 is 15.0 Å². The highest BCUT2D eigenvalue weighted by Crippen LogP contribution is 2.25.